The lowest BCUT2D eigenvalue weighted by Gasteiger charge is -2.11. The van der Waals surface area contributed by atoms with Gasteiger partial charge in [0.25, 0.3) is 5.56 Å². The van der Waals surface area contributed by atoms with Crippen LogP contribution in [0.1, 0.15) is 38.2 Å². The molecule has 1 aliphatic rings. The van der Waals surface area contributed by atoms with Crippen molar-refractivity contribution in [3.8, 4) is 0 Å². The second kappa shape index (κ2) is 4.68. The van der Waals surface area contributed by atoms with Gasteiger partial charge in [-0.3, -0.25) is 9.78 Å². The SMILES string of the molecule is CCc1cn(CC2CCCC2)c(=O)[nH]c1=O. The molecule has 1 aromatic heterocycles. The zero-order valence-corrected chi connectivity index (χ0v) is 9.66. The quantitative estimate of drug-likeness (QED) is 0.837. The third-order valence-electron chi connectivity index (χ3n) is 3.40. The van der Waals surface area contributed by atoms with Gasteiger partial charge in [0, 0.05) is 18.3 Å². The summed E-state index contributed by atoms with van der Waals surface area (Å²) in [4.78, 5) is 25.4. The summed E-state index contributed by atoms with van der Waals surface area (Å²) in [6, 6.07) is 0. The second-order valence-electron chi connectivity index (χ2n) is 4.57. The van der Waals surface area contributed by atoms with Gasteiger partial charge in [-0.25, -0.2) is 4.79 Å². The van der Waals surface area contributed by atoms with Crippen molar-refractivity contribution in [1.82, 2.24) is 9.55 Å². The Morgan fingerprint density at radius 2 is 2.06 bits per heavy atom. The molecule has 4 heteroatoms. The predicted octanol–water partition coefficient (Wildman–Crippen LogP) is 1.29. The zero-order chi connectivity index (χ0) is 11.5. The summed E-state index contributed by atoms with van der Waals surface area (Å²) in [6.07, 6.45) is 7.33. The van der Waals surface area contributed by atoms with Crippen LogP contribution in [0.5, 0.6) is 0 Å². The summed E-state index contributed by atoms with van der Waals surface area (Å²) in [5, 5.41) is 0. The van der Waals surface area contributed by atoms with Crippen LogP contribution in [-0.2, 0) is 13.0 Å². The van der Waals surface area contributed by atoms with Crippen molar-refractivity contribution in [3.63, 3.8) is 0 Å². The Kier molecular flexibility index (Phi) is 3.27. The van der Waals surface area contributed by atoms with Crippen LogP contribution in [0.4, 0.5) is 0 Å². The van der Waals surface area contributed by atoms with Gasteiger partial charge < -0.3 is 4.57 Å². The van der Waals surface area contributed by atoms with Crippen LogP contribution in [-0.4, -0.2) is 9.55 Å². The first-order valence-corrected chi connectivity index (χ1v) is 6.03. The molecule has 0 amide bonds. The third kappa shape index (κ3) is 2.26. The van der Waals surface area contributed by atoms with Crippen LogP contribution in [0.25, 0.3) is 0 Å². The lowest BCUT2D eigenvalue weighted by atomic mass is 10.1. The molecule has 1 aliphatic carbocycles. The van der Waals surface area contributed by atoms with E-state index in [0.717, 1.165) is 6.54 Å². The van der Waals surface area contributed by atoms with Gasteiger partial charge in [0.1, 0.15) is 0 Å². The number of aromatic amines is 1. The summed E-state index contributed by atoms with van der Waals surface area (Å²) >= 11 is 0. The summed E-state index contributed by atoms with van der Waals surface area (Å²) in [6.45, 7) is 2.68. The number of aromatic nitrogens is 2. The number of rotatable bonds is 3. The maximum Gasteiger partial charge on any atom is 0.328 e. The number of hydrogen-bond donors (Lipinski definition) is 1. The minimum absolute atomic E-state index is 0.241. The molecule has 0 saturated heterocycles. The highest BCUT2D eigenvalue weighted by molar-refractivity contribution is 5.03. The molecule has 1 heterocycles. The number of nitrogens with one attached hydrogen (secondary N) is 1. The van der Waals surface area contributed by atoms with Gasteiger partial charge >= 0.3 is 5.69 Å². The molecule has 0 bridgehead atoms. The largest absolute Gasteiger partial charge is 0.328 e. The maximum absolute atomic E-state index is 11.6. The van der Waals surface area contributed by atoms with Crippen LogP contribution in [0, 0.1) is 5.92 Å². The highest BCUT2D eigenvalue weighted by Crippen LogP contribution is 2.25. The smallest absolute Gasteiger partial charge is 0.300 e. The standard InChI is InChI=1S/C12H18N2O2/c1-2-10-8-14(12(16)13-11(10)15)7-9-5-3-4-6-9/h8-9H,2-7H2,1H3,(H,13,15,16). The molecule has 0 atom stereocenters. The number of H-pyrrole nitrogens is 1. The van der Waals surface area contributed by atoms with E-state index in [-0.39, 0.29) is 11.2 Å². The van der Waals surface area contributed by atoms with Gasteiger partial charge in [0.15, 0.2) is 0 Å². The van der Waals surface area contributed by atoms with Crippen LogP contribution in [0.3, 0.4) is 0 Å². The van der Waals surface area contributed by atoms with E-state index in [9.17, 15) is 9.59 Å². The summed E-state index contributed by atoms with van der Waals surface area (Å²) < 4.78 is 1.66. The molecule has 0 unspecified atom stereocenters. The van der Waals surface area contributed by atoms with Crippen molar-refractivity contribution in [1.29, 1.82) is 0 Å². The average molecular weight is 222 g/mol. The third-order valence-corrected chi connectivity index (χ3v) is 3.40. The lowest BCUT2D eigenvalue weighted by molar-refractivity contribution is 0.442. The number of aryl methyl sites for hydroxylation is 1. The highest BCUT2D eigenvalue weighted by Gasteiger charge is 2.16. The first kappa shape index (κ1) is 11.2. The summed E-state index contributed by atoms with van der Waals surface area (Å²) in [5.41, 5.74) is 0.182. The Balaban J connectivity index is 2.25. The molecular formula is C12H18N2O2. The van der Waals surface area contributed by atoms with E-state index >= 15 is 0 Å². The van der Waals surface area contributed by atoms with Crippen LogP contribution in [0.15, 0.2) is 15.8 Å². The first-order chi connectivity index (χ1) is 7.70. The Morgan fingerprint density at radius 3 is 2.69 bits per heavy atom. The summed E-state index contributed by atoms with van der Waals surface area (Å²) in [7, 11) is 0. The van der Waals surface area contributed by atoms with Crippen molar-refractivity contribution in [2.24, 2.45) is 5.92 Å². The minimum atomic E-state index is -0.269. The van der Waals surface area contributed by atoms with E-state index in [1.54, 1.807) is 10.8 Å². The molecule has 16 heavy (non-hydrogen) atoms. The Hall–Kier alpha value is -1.32. The molecule has 0 aliphatic heterocycles. The van der Waals surface area contributed by atoms with Crippen molar-refractivity contribution >= 4 is 0 Å². The van der Waals surface area contributed by atoms with Gasteiger partial charge in [0.05, 0.1) is 0 Å². The molecule has 1 aromatic rings. The molecule has 0 spiro atoms. The molecular weight excluding hydrogens is 204 g/mol. The van der Waals surface area contributed by atoms with E-state index in [4.69, 9.17) is 0 Å². The highest BCUT2D eigenvalue weighted by atomic mass is 16.2. The van der Waals surface area contributed by atoms with Crippen molar-refractivity contribution in [3.05, 3.63) is 32.6 Å². The maximum atomic E-state index is 11.6. The van der Waals surface area contributed by atoms with E-state index in [0.29, 0.717) is 17.9 Å². The van der Waals surface area contributed by atoms with Crippen LogP contribution >= 0.6 is 0 Å². The summed E-state index contributed by atoms with van der Waals surface area (Å²) in [5.74, 6) is 0.605. The van der Waals surface area contributed by atoms with Gasteiger partial charge in [0.2, 0.25) is 0 Å². The normalized spacial score (nSPS) is 16.8. The van der Waals surface area contributed by atoms with Gasteiger partial charge in [-0.15, -0.1) is 0 Å². The Labute approximate surface area is 94.3 Å². The first-order valence-electron chi connectivity index (χ1n) is 6.03. The van der Waals surface area contributed by atoms with Crippen molar-refractivity contribution < 1.29 is 0 Å². The van der Waals surface area contributed by atoms with Gasteiger partial charge in [-0.2, -0.15) is 0 Å². The predicted molar refractivity (Wildman–Crippen MR) is 62.7 cm³/mol. The molecule has 1 fully saturated rings. The fourth-order valence-electron chi connectivity index (χ4n) is 2.41. The van der Waals surface area contributed by atoms with E-state index in [1.165, 1.54) is 25.7 Å². The van der Waals surface area contributed by atoms with Crippen LogP contribution < -0.4 is 11.2 Å². The number of hydrogen-bond acceptors (Lipinski definition) is 2. The van der Waals surface area contributed by atoms with E-state index < -0.39 is 0 Å². The lowest BCUT2D eigenvalue weighted by Crippen LogP contribution is -2.32. The molecule has 88 valence electrons. The molecule has 0 radical (unpaired) electrons. The van der Waals surface area contributed by atoms with Gasteiger partial charge in [-0.05, 0) is 25.2 Å². The van der Waals surface area contributed by atoms with E-state index in [1.807, 2.05) is 6.92 Å². The number of nitrogens with zero attached hydrogens (tertiary/aromatic N) is 1. The van der Waals surface area contributed by atoms with E-state index in [2.05, 4.69) is 4.98 Å². The minimum Gasteiger partial charge on any atom is -0.300 e. The van der Waals surface area contributed by atoms with Crippen LogP contribution in [0.2, 0.25) is 0 Å². The molecule has 0 aromatic carbocycles. The monoisotopic (exact) mass is 222 g/mol. The topological polar surface area (TPSA) is 54.9 Å². The molecule has 2 rings (SSSR count). The van der Waals surface area contributed by atoms with Crippen molar-refractivity contribution in [2.45, 2.75) is 45.6 Å². The zero-order valence-electron chi connectivity index (χ0n) is 9.66. The second-order valence-corrected chi connectivity index (χ2v) is 4.57. The Morgan fingerprint density at radius 1 is 1.38 bits per heavy atom. The van der Waals surface area contributed by atoms with Crippen molar-refractivity contribution in [2.75, 3.05) is 0 Å². The Bertz CT molecular complexity index is 467. The fraction of sp³-hybridized carbons (Fsp3) is 0.667. The molecule has 4 nitrogen and oxygen atoms in total. The molecule has 1 N–H and O–H groups in total. The fourth-order valence-corrected chi connectivity index (χ4v) is 2.41. The van der Waals surface area contributed by atoms with Gasteiger partial charge in [-0.1, -0.05) is 19.8 Å². The average Bonchev–Trinajstić information content (AvgIpc) is 2.75. The molecule has 1 saturated carbocycles.